The maximum absolute atomic E-state index is 10.0. The normalized spacial score (nSPS) is 14.5. The molecule has 1 heterocycles. The molecule has 1 amide bonds. The van der Waals surface area contributed by atoms with Crippen LogP contribution in [0.15, 0.2) is 0 Å². The summed E-state index contributed by atoms with van der Waals surface area (Å²) in [7, 11) is 3.38. The molecule has 0 aliphatic carbocycles. The van der Waals surface area contributed by atoms with Gasteiger partial charge in [0.2, 0.25) is 6.41 Å². The number of hydrogen-bond acceptors (Lipinski definition) is 3. The summed E-state index contributed by atoms with van der Waals surface area (Å²) in [6.45, 7) is 0.638. The molecule has 0 unspecified atom stereocenters. The highest BCUT2D eigenvalue weighted by Crippen LogP contribution is 2.01. The highest BCUT2D eigenvalue weighted by atomic mass is 16.5. The van der Waals surface area contributed by atoms with E-state index in [1.807, 2.05) is 0 Å². The SMILES string of the molecule is CN(C)C=O.O=C1CCCO1. The highest BCUT2D eigenvalue weighted by molar-refractivity contribution is 5.70. The fourth-order valence-corrected chi connectivity index (χ4v) is 0.475. The molecule has 0 saturated carbocycles. The molecular weight excluding hydrogens is 146 g/mol. The van der Waals surface area contributed by atoms with Crippen LogP contribution in [0.1, 0.15) is 12.8 Å². The molecule has 0 spiro atoms. The quantitative estimate of drug-likeness (QED) is 0.400. The predicted octanol–water partition coefficient (Wildman–Crippen LogP) is 0.0278. The number of rotatable bonds is 1. The maximum Gasteiger partial charge on any atom is 0.305 e. The average molecular weight is 159 g/mol. The largest absolute Gasteiger partial charge is 0.466 e. The summed E-state index contributed by atoms with van der Waals surface area (Å²) in [5.41, 5.74) is 0. The zero-order valence-corrected chi connectivity index (χ0v) is 6.87. The molecule has 4 heteroatoms. The first-order valence-corrected chi connectivity index (χ1v) is 3.44. The molecule has 0 aromatic carbocycles. The molecule has 1 aliphatic rings. The van der Waals surface area contributed by atoms with Crippen LogP contribution in [0.5, 0.6) is 0 Å². The van der Waals surface area contributed by atoms with Gasteiger partial charge in [0.05, 0.1) is 6.61 Å². The Hall–Kier alpha value is -1.06. The summed E-state index contributed by atoms with van der Waals surface area (Å²) in [6, 6.07) is 0. The average Bonchev–Trinajstić information content (AvgIpc) is 2.41. The zero-order valence-electron chi connectivity index (χ0n) is 6.87. The van der Waals surface area contributed by atoms with Gasteiger partial charge in [-0.05, 0) is 6.42 Å². The van der Waals surface area contributed by atoms with E-state index in [9.17, 15) is 9.59 Å². The van der Waals surface area contributed by atoms with E-state index in [2.05, 4.69) is 4.74 Å². The van der Waals surface area contributed by atoms with Crippen LogP contribution in [0.3, 0.4) is 0 Å². The summed E-state index contributed by atoms with van der Waals surface area (Å²) >= 11 is 0. The molecule has 0 N–H and O–H groups in total. The molecule has 1 aliphatic heterocycles. The van der Waals surface area contributed by atoms with Crippen LogP contribution < -0.4 is 0 Å². The van der Waals surface area contributed by atoms with Gasteiger partial charge in [-0.3, -0.25) is 9.59 Å². The number of hydrogen-bond donors (Lipinski definition) is 0. The minimum absolute atomic E-state index is 0.0463. The molecule has 0 atom stereocenters. The van der Waals surface area contributed by atoms with Gasteiger partial charge in [0.25, 0.3) is 0 Å². The topological polar surface area (TPSA) is 46.6 Å². The Bertz CT molecular complexity index is 126. The van der Waals surface area contributed by atoms with Crippen molar-refractivity contribution < 1.29 is 14.3 Å². The first-order valence-electron chi connectivity index (χ1n) is 3.44. The smallest absolute Gasteiger partial charge is 0.305 e. The Kier molecular flexibility index (Phi) is 5.15. The summed E-state index contributed by atoms with van der Waals surface area (Å²) in [5, 5.41) is 0. The summed E-state index contributed by atoms with van der Waals surface area (Å²) < 4.78 is 4.51. The summed E-state index contributed by atoms with van der Waals surface area (Å²) in [6.07, 6.45) is 2.29. The fourth-order valence-electron chi connectivity index (χ4n) is 0.475. The number of cyclic esters (lactones) is 1. The van der Waals surface area contributed by atoms with E-state index < -0.39 is 0 Å². The van der Waals surface area contributed by atoms with Gasteiger partial charge in [-0.15, -0.1) is 0 Å². The van der Waals surface area contributed by atoms with Crippen molar-refractivity contribution in [3.63, 3.8) is 0 Å². The Labute approximate surface area is 66.1 Å². The van der Waals surface area contributed by atoms with E-state index >= 15 is 0 Å². The van der Waals surface area contributed by atoms with Crippen LogP contribution in [0.4, 0.5) is 0 Å². The van der Waals surface area contributed by atoms with E-state index in [1.165, 1.54) is 4.90 Å². The lowest BCUT2D eigenvalue weighted by Crippen LogP contribution is -2.06. The van der Waals surface area contributed by atoms with E-state index in [0.29, 0.717) is 13.0 Å². The standard InChI is InChI=1S/C4H6O2.C3H7NO/c5-4-2-1-3-6-4;1-4(2)3-5/h1-3H2;3H,1-2H3. The second-order valence-corrected chi connectivity index (χ2v) is 2.39. The monoisotopic (exact) mass is 159 g/mol. The molecule has 11 heavy (non-hydrogen) atoms. The fraction of sp³-hybridized carbons (Fsp3) is 0.714. The van der Waals surface area contributed by atoms with Crippen molar-refractivity contribution >= 4 is 12.4 Å². The summed E-state index contributed by atoms with van der Waals surface area (Å²) in [4.78, 5) is 20.9. The van der Waals surface area contributed by atoms with Crippen molar-refractivity contribution in [3.05, 3.63) is 0 Å². The molecule has 0 aromatic rings. The van der Waals surface area contributed by atoms with Gasteiger partial charge < -0.3 is 9.64 Å². The van der Waals surface area contributed by atoms with Crippen molar-refractivity contribution in [1.82, 2.24) is 4.90 Å². The second-order valence-electron chi connectivity index (χ2n) is 2.39. The molecule has 0 aromatic heterocycles. The van der Waals surface area contributed by atoms with Crippen molar-refractivity contribution in [3.8, 4) is 0 Å². The lowest BCUT2D eigenvalue weighted by Gasteiger charge is -1.93. The lowest BCUT2D eigenvalue weighted by molar-refractivity contribution is -0.137. The minimum Gasteiger partial charge on any atom is -0.466 e. The first kappa shape index (κ1) is 9.94. The molecule has 0 bridgehead atoms. The molecule has 64 valence electrons. The Morgan fingerprint density at radius 3 is 2.18 bits per heavy atom. The zero-order chi connectivity index (χ0) is 8.69. The third kappa shape index (κ3) is 6.83. The van der Waals surface area contributed by atoms with Gasteiger partial charge in [-0.25, -0.2) is 0 Å². The van der Waals surface area contributed by atoms with Crippen molar-refractivity contribution in [1.29, 1.82) is 0 Å². The van der Waals surface area contributed by atoms with Crippen LogP contribution in [-0.2, 0) is 14.3 Å². The Balaban J connectivity index is 0.000000187. The summed E-state index contributed by atoms with van der Waals surface area (Å²) in [5.74, 6) is -0.0463. The molecule has 1 fully saturated rings. The van der Waals surface area contributed by atoms with Crippen LogP contribution in [0.2, 0.25) is 0 Å². The molecular formula is C7H13NO3. The Morgan fingerprint density at radius 2 is 2.09 bits per heavy atom. The van der Waals surface area contributed by atoms with E-state index in [-0.39, 0.29) is 5.97 Å². The van der Waals surface area contributed by atoms with Crippen LogP contribution >= 0.6 is 0 Å². The second kappa shape index (κ2) is 5.70. The third-order valence-electron chi connectivity index (χ3n) is 0.999. The number of carbonyl (C=O) groups excluding carboxylic acids is 2. The van der Waals surface area contributed by atoms with Crippen LogP contribution in [0, 0.1) is 0 Å². The maximum atomic E-state index is 10.0. The lowest BCUT2D eigenvalue weighted by atomic mass is 10.4. The molecule has 1 saturated heterocycles. The van der Waals surface area contributed by atoms with Crippen LogP contribution in [-0.4, -0.2) is 38.0 Å². The highest BCUT2D eigenvalue weighted by Gasteiger charge is 2.08. The van der Waals surface area contributed by atoms with Gasteiger partial charge in [0.15, 0.2) is 0 Å². The van der Waals surface area contributed by atoms with Gasteiger partial charge in [-0.1, -0.05) is 0 Å². The molecule has 0 radical (unpaired) electrons. The van der Waals surface area contributed by atoms with E-state index in [4.69, 9.17) is 0 Å². The first-order chi connectivity index (χ1) is 5.16. The number of amides is 1. The Morgan fingerprint density at radius 1 is 1.55 bits per heavy atom. The van der Waals surface area contributed by atoms with Crippen molar-refractivity contribution in [2.45, 2.75) is 12.8 Å². The molecule has 1 rings (SSSR count). The number of nitrogens with zero attached hydrogens (tertiary/aromatic N) is 1. The van der Waals surface area contributed by atoms with E-state index in [1.54, 1.807) is 14.1 Å². The van der Waals surface area contributed by atoms with Gasteiger partial charge in [-0.2, -0.15) is 0 Å². The van der Waals surface area contributed by atoms with Gasteiger partial charge in [0.1, 0.15) is 0 Å². The third-order valence-corrected chi connectivity index (χ3v) is 0.999. The van der Waals surface area contributed by atoms with E-state index in [0.717, 1.165) is 12.8 Å². The number of esters is 1. The van der Waals surface area contributed by atoms with Crippen molar-refractivity contribution in [2.75, 3.05) is 20.7 Å². The van der Waals surface area contributed by atoms with Gasteiger partial charge in [0, 0.05) is 20.5 Å². The number of carbonyl (C=O) groups is 2. The number of ether oxygens (including phenoxy) is 1. The van der Waals surface area contributed by atoms with Crippen molar-refractivity contribution in [2.24, 2.45) is 0 Å². The van der Waals surface area contributed by atoms with Gasteiger partial charge >= 0.3 is 5.97 Å². The predicted molar refractivity (Wildman–Crippen MR) is 39.9 cm³/mol. The molecule has 4 nitrogen and oxygen atoms in total. The van der Waals surface area contributed by atoms with Crippen LogP contribution in [0.25, 0.3) is 0 Å². The minimum atomic E-state index is -0.0463.